The van der Waals surface area contributed by atoms with Gasteiger partial charge in [-0.2, -0.15) is 0 Å². The van der Waals surface area contributed by atoms with Gasteiger partial charge in [0.1, 0.15) is 17.3 Å². The summed E-state index contributed by atoms with van der Waals surface area (Å²) in [5.41, 5.74) is 2.93. The summed E-state index contributed by atoms with van der Waals surface area (Å²) in [6, 6.07) is 17.7. The first-order valence-electron chi connectivity index (χ1n) is 9.80. The quantitative estimate of drug-likeness (QED) is 0.554. The number of benzene rings is 2. The van der Waals surface area contributed by atoms with Gasteiger partial charge < -0.3 is 4.52 Å². The van der Waals surface area contributed by atoms with Gasteiger partial charge in [-0.05, 0) is 74.2 Å². The van der Waals surface area contributed by atoms with Crippen molar-refractivity contribution in [3.8, 4) is 11.3 Å². The van der Waals surface area contributed by atoms with Crippen molar-refractivity contribution in [2.24, 2.45) is 0 Å². The van der Waals surface area contributed by atoms with Crippen LogP contribution >= 0.6 is 11.6 Å². The van der Waals surface area contributed by atoms with E-state index in [0.717, 1.165) is 28.5 Å². The average molecular weight is 397 g/mol. The molecule has 2 aliphatic heterocycles. The van der Waals surface area contributed by atoms with E-state index in [1.807, 2.05) is 18.2 Å². The molecule has 3 heterocycles. The summed E-state index contributed by atoms with van der Waals surface area (Å²) in [4.78, 5) is 2.51. The lowest BCUT2D eigenvalue weighted by molar-refractivity contribution is 0.122. The van der Waals surface area contributed by atoms with Gasteiger partial charge in [0.2, 0.25) is 0 Å². The molecule has 2 saturated heterocycles. The van der Waals surface area contributed by atoms with Crippen molar-refractivity contribution >= 4 is 11.6 Å². The van der Waals surface area contributed by atoms with E-state index in [-0.39, 0.29) is 11.7 Å². The van der Waals surface area contributed by atoms with E-state index in [4.69, 9.17) is 16.1 Å². The van der Waals surface area contributed by atoms with Crippen molar-refractivity contribution in [3.05, 3.63) is 76.8 Å². The molecule has 2 aliphatic rings. The minimum absolute atomic E-state index is 0.242. The Morgan fingerprint density at radius 2 is 1.82 bits per heavy atom. The Hall–Kier alpha value is -2.17. The molecule has 0 saturated carbocycles. The van der Waals surface area contributed by atoms with Crippen molar-refractivity contribution < 1.29 is 8.91 Å². The van der Waals surface area contributed by atoms with Gasteiger partial charge in [0.15, 0.2) is 0 Å². The summed E-state index contributed by atoms with van der Waals surface area (Å²) < 4.78 is 19.1. The molecule has 0 radical (unpaired) electrons. The summed E-state index contributed by atoms with van der Waals surface area (Å²) in [6.07, 6.45) is 3.50. The van der Waals surface area contributed by atoms with Crippen LogP contribution < -0.4 is 0 Å². The zero-order chi connectivity index (χ0) is 19.3. The highest BCUT2D eigenvalue weighted by Gasteiger charge is 2.48. The summed E-state index contributed by atoms with van der Waals surface area (Å²) in [6.45, 7) is 0. The number of halogens is 2. The predicted octanol–water partition coefficient (Wildman–Crippen LogP) is 5.87. The Bertz CT molecular complexity index is 969. The number of hydrogen-bond acceptors (Lipinski definition) is 3. The monoisotopic (exact) mass is 396 g/mol. The molecule has 2 aromatic carbocycles. The smallest absolute Gasteiger partial charge is 0.142 e. The third-order valence-electron chi connectivity index (χ3n) is 6.56. The Labute approximate surface area is 169 Å². The highest BCUT2D eigenvalue weighted by Crippen LogP contribution is 2.51. The molecule has 0 N–H and O–H groups in total. The molecule has 2 bridgehead atoms. The number of fused-ring (bicyclic) bond motifs is 2. The zero-order valence-electron chi connectivity index (χ0n) is 15.7. The van der Waals surface area contributed by atoms with Crippen LogP contribution in [-0.4, -0.2) is 29.2 Å². The highest BCUT2D eigenvalue weighted by molar-refractivity contribution is 6.30. The second-order valence-corrected chi connectivity index (χ2v) is 8.44. The number of likely N-dealkylation sites (N-methyl/N-ethyl adjacent to an activating group) is 1. The summed E-state index contributed by atoms with van der Waals surface area (Å²) >= 11 is 6.12. The first-order valence-corrected chi connectivity index (χ1v) is 10.2. The first-order chi connectivity index (χ1) is 13.6. The van der Waals surface area contributed by atoms with Crippen LogP contribution in [0.3, 0.4) is 0 Å². The third kappa shape index (κ3) is 3.05. The van der Waals surface area contributed by atoms with Gasteiger partial charge in [0.05, 0.1) is 0 Å². The van der Waals surface area contributed by atoms with Crippen LogP contribution in [0.1, 0.15) is 42.4 Å². The van der Waals surface area contributed by atoms with Crippen LogP contribution in [0.2, 0.25) is 5.02 Å². The molecule has 5 heteroatoms. The minimum atomic E-state index is -0.249. The second-order valence-electron chi connectivity index (χ2n) is 8.00. The lowest BCUT2D eigenvalue weighted by Crippen LogP contribution is -2.44. The van der Waals surface area contributed by atoms with E-state index in [1.165, 1.54) is 30.5 Å². The fraction of sp³-hybridized carbons (Fsp3) is 0.348. The van der Waals surface area contributed by atoms with E-state index < -0.39 is 0 Å². The third-order valence-corrected chi connectivity index (χ3v) is 6.82. The molecule has 1 aromatic heterocycles. The van der Waals surface area contributed by atoms with Gasteiger partial charge in [-0.15, -0.1) is 0 Å². The van der Waals surface area contributed by atoms with E-state index in [0.29, 0.717) is 18.0 Å². The summed E-state index contributed by atoms with van der Waals surface area (Å²) in [5.74, 6) is 1.28. The van der Waals surface area contributed by atoms with Gasteiger partial charge >= 0.3 is 0 Å². The van der Waals surface area contributed by atoms with Gasteiger partial charge in [0.25, 0.3) is 0 Å². The van der Waals surface area contributed by atoms with Crippen LogP contribution in [0.4, 0.5) is 4.39 Å². The molecule has 2 fully saturated rings. The van der Waals surface area contributed by atoms with Gasteiger partial charge in [-0.1, -0.05) is 28.9 Å². The normalized spacial score (nSPS) is 27.2. The molecule has 144 valence electrons. The number of hydrogen-bond donors (Lipinski definition) is 0. The van der Waals surface area contributed by atoms with Crippen molar-refractivity contribution in [3.63, 3.8) is 0 Å². The fourth-order valence-corrected chi connectivity index (χ4v) is 5.24. The number of aromatic nitrogens is 1. The molecular weight excluding hydrogens is 375 g/mol. The number of rotatable bonds is 3. The highest BCUT2D eigenvalue weighted by atomic mass is 35.5. The molecule has 4 atom stereocenters. The minimum Gasteiger partial charge on any atom is -0.360 e. The number of nitrogens with zero attached hydrogens (tertiary/aromatic N) is 2. The Balaban J connectivity index is 1.53. The van der Waals surface area contributed by atoms with Crippen LogP contribution in [0, 0.1) is 5.82 Å². The molecule has 3 aromatic rings. The molecule has 0 spiro atoms. The van der Waals surface area contributed by atoms with Gasteiger partial charge in [-0.25, -0.2) is 4.39 Å². The maximum absolute atomic E-state index is 13.3. The molecule has 28 heavy (non-hydrogen) atoms. The van der Waals surface area contributed by atoms with Crippen molar-refractivity contribution in [2.45, 2.75) is 43.2 Å². The van der Waals surface area contributed by atoms with Crippen molar-refractivity contribution in [2.75, 3.05) is 7.05 Å². The molecule has 5 rings (SSSR count). The molecule has 0 aliphatic carbocycles. The Morgan fingerprint density at radius 1 is 1.07 bits per heavy atom. The van der Waals surface area contributed by atoms with Crippen molar-refractivity contribution in [1.82, 2.24) is 10.1 Å². The second kappa shape index (κ2) is 7.02. The van der Waals surface area contributed by atoms with Crippen LogP contribution in [0.15, 0.2) is 59.1 Å². The van der Waals surface area contributed by atoms with E-state index in [1.54, 1.807) is 12.1 Å². The molecule has 0 amide bonds. The topological polar surface area (TPSA) is 29.3 Å². The fourth-order valence-electron chi connectivity index (χ4n) is 5.11. The van der Waals surface area contributed by atoms with Crippen LogP contribution in [0.5, 0.6) is 0 Å². The SMILES string of the molecule is CN1C2CC[C@@H]1C[C@H](c1ccc(Cl)cc1)[C@@H]2c1cc(-c2ccc(F)cc2)no1. The molecular formula is C23H22ClFN2O. The lowest BCUT2D eigenvalue weighted by atomic mass is 9.75. The summed E-state index contributed by atoms with van der Waals surface area (Å²) in [5, 5.41) is 5.06. The van der Waals surface area contributed by atoms with Crippen LogP contribution in [0.25, 0.3) is 11.3 Å². The standard InChI is InChI=1S/C23H22ClFN2O/c1-27-18-10-11-21(27)23(19(12-18)14-2-6-16(24)7-3-14)22-13-20(26-28-22)15-4-8-17(25)9-5-15/h2-9,13,18-19,21,23H,10-12H2,1H3/t18-,19-,21?,23+/m1/s1. The first kappa shape index (κ1) is 17.9. The molecule has 3 nitrogen and oxygen atoms in total. The van der Waals surface area contributed by atoms with Crippen LogP contribution in [-0.2, 0) is 0 Å². The van der Waals surface area contributed by atoms with E-state index in [9.17, 15) is 4.39 Å². The van der Waals surface area contributed by atoms with E-state index in [2.05, 4.69) is 29.2 Å². The van der Waals surface area contributed by atoms with Crippen molar-refractivity contribution in [1.29, 1.82) is 0 Å². The number of piperidine rings is 1. The lowest BCUT2D eigenvalue weighted by Gasteiger charge is -2.42. The Morgan fingerprint density at radius 3 is 2.57 bits per heavy atom. The van der Waals surface area contributed by atoms with E-state index >= 15 is 0 Å². The maximum atomic E-state index is 13.3. The Kier molecular flexibility index (Phi) is 4.48. The summed E-state index contributed by atoms with van der Waals surface area (Å²) in [7, 11) is 2.23. The van der Waals surface area contributed by atoms with Gasteiger partial charge in [-0.3, -0.25) is 4.90 Å². The maximum Gasteiger partial charge on any atom is 0.142 e. The van der Waals surface area contributed by atoms with Gasteiger partial charge in [0, 0.05) is 34.7 Å². The zero-order valence-corrected chi connectivity index (χ0v) is 16.4. The predicted molar refractivity (Wildman–Crippen MR) is 108 cm³/mol. The molecule has 1 unspecified atom stereocenters. The largest absolute Gasteiger partial charge is 0.360 e. The average Bonchev–Trinajstić information content (AvgIpc) is 3.26.